The number of nitrogens with zero attached hydrogens (tertiary/aromatic N) is 2. The van der Waals surface area contributed by atoms with Crippen molar-refractivity contribution in [1.82, 2.24) is 4.90 Å². The first-order valence-corrected chi connectivity index (χ1v) is 14.2. The highest BCUT2D eigenvalue weighted by molar-refractivity contribution is 9.09. The Hall–Kier alpha value is -2.72. The second-order valence-corrected chi connectivity index (χ2v) is 11.5. The lowest BCUT2D eigenvalue weighted by Crippen LogP contribution is -2.57. The lowest BCUT2D eigenvalue weighted by atomic mass is 9.70. The molecule has 39 heavy (non-hydrogen) atoms. The summed E-state index contributed by atoms with van der Waals surface area (Å²) in [7, 11) is 0. The Labute approximate surface area is 240 Å². The molecule has 10 heteroatoms. The average molecular weight is 618 g/mol. The molecule has 5 rings (SSSR count). The van der Waals surface area contributed by atoms with Gasteiger partial charge in [-0.3, -0.25) is 14.4 Å². The summed E-state index contributed by atoms with van der Waals surface area (Å²) in [4.78, 5) is 44.8. The molecule has 7 atom stereocenters. The van der Waals surface area contributed by atoms with E-state index in [-0.39, 0.29) is 18.0 Å². The summed E-state index contributed by atoms with van der Waals surface area (Å²) in [6.07, 6.45) is 1.28. The molecule has 1 N–H and O–H groups in total. The van der Waals surface area contributed by atoms with Crippen molar-refractivity contribution in [1.29, 1.82) is 0 Å². The maximum Gasteiger partial charge on any atom is 0.312 e. The molecule has 3 heterocycles. The van der Waals surface area contributed by atoms with Crippen LogP contribution < -0.4 is 4.90 Å². The molecule has 0 saturated carbocycles. The van der Waals surface area contributed by atoms with Gasteiger partial charge in [0.2, 0.25) is 5.91 Å². The number of para-hydroxylation sites is 1. The zero-order chi connectivity index (χ0) is 27.9. The molecular weight excluding hydrogens is 588 g/mol. The number of carbonyl (C=O) groups excluding carboxylic acids is 3. The Balaban J connectivity index is 1.68. The zero-order valence-corrected chi connectivity index (χ0v) is 23.8. The Morgan fingerprint density at radius 1 is 1.28 bits per heavy atom. The average Bonchev–Trinajstić information content (AvgIpc) is 3.52. The normalized spacial score (nSPS) is 29.7. The molecule has 0 radical (unpaired) electrons. The van der Waals surface area contributed by atoms with E-state index in [1.54, 1.807) is 61.5 Å². The molecule has 2 bridgehead atoms. The van der Waals surface area contributed by atoms with Gasteiger partial charge >= 0.3 is 5.97 Å². The third-order valence-corrected chi connectivity index (χ3v) is 9.10. The lowest BCUT2D eigenvalue weighted by Gasteiger charge is -2.39. The van der Waals surface area contributed by atoms with E-state index in [2.05, 4.69) is 22.5 Å². The Bertz CT molecular complexity index is 1280. The molecule has 3 unspecified atom stereocenters. The number of ether oxygens (including phenoxy) is 2. The highest BCUT2D eigenvalue weighted by atomic mass is 79.9. The standard InChI is InChI=1S/C29H30BrClN2O6/c1-3-14-32(20-13-9-8-12-19(20)31)27(36)25-29-15-18(30)24(39-29)22(28(37)38-4-2)23(29)26(35)33(25)21(16-34)17-10-6-5-7-11-17/h3,5-13,18,21-25,34H,1,4,14-16H2,2H3/t18?,21-,22-,23+,24-,25?,29?/m1/s1. The van der Waals surface area contributed by atoms with Crippen LogP contribution in [-0.4, -0.2) is 70.1 Å². The van der Waals surface area contributed by atoms with Crippen molar-refractivity contribution in [3.8, 4) is 0 Å². The van der Waals surface area contributed by atoms with Crippen molar-refractivity contribution in [2.45, 2.75) is 42.0 Å². The van der Waals surface area contributed by atoms with Gasteiger partial charge < -0.3 is 24.4 Å². The third kappa shape index (κ3) is 4.40. The summed E-state index contributed by atoms with van der Waals surface area (Å²) in [5, 5.41) is 11.0. The summed E-state index contributed by atoms with van der Waals surface area (Å²) >= 11 is 10.2. The van der Waals surface area contributed by atoms with Crippen LogP contribution in [0.2, 0.25) is 5.02 Å². The van der Waals surface area contributed by atoms with Gasteiger partial charge in [0, 0.05) is 11.4 Å². The predicted molar refractivity (Wildman–Crippen MR) is 149 cm³/mol. The Morgan fingerprint density at radius 2 is 1.97 bits per heavy atom. The van der Waals surface area contributed by atoms with Gasteiger partial charge in [-0.2, -0.15) is 0 Å². The maximum absolute atomic E-state index is 14.7. The van der Waals surface area contributed by atoms with E-state index in [0.717, 1.165) is 0 Å². The number of halogens is 2. The van der Waals surface area contributed by atoms with Crippen LogP contribution in [0.3, 0.4) is 0 Å². The number of amides is 2. The summed E-state index contributed by atoms with van der Waals surface area (Å²) in [6.45, 7) is 5.37. The minimum absolute atomic E-state index is 0.124. The summed E-state index contributed by atoms with van der Waals surface area (Å²) in [5.41, 5.74) is -0.192. The smallest absolute Gasteiger partial charge is 0.312 e. The van der Waals surface area contributed by atoms with Gasteiger partial charge in [0.25, 0.3) is 5.91 Å². The van der Waals surface area contributed by atoms with Crippen LogP contribution >= 0.6 is 27.5 Å². The SMILES string of the molecule is C=CCN(C(=O)C1N([C@H](CO)c2ccccc2)C(=O)[C@@H]2[C@@H](C(=O)OCC)[C@@H]3OC12CC3Br)c1ccccc1Cl. The van der Waals surface area contributed by atoms with Crippen molar-refractivity contribution in [2.24, 2.45) is 11.8 Å². The number of aliphatic hydroxyl groups excluding tert-OH is 1. The van der Waals surface area contributed by atoms with Gasteiger partial charge in [0.05, 0.1) is 47.9 Å². The van der Waals surface area contributed by atoms with Crippen LogP contribution in [-0.2, 0) is 23.9 Å². The highest BCUT2D eigenvalue weighted by Crippen LogP contribution is 2.61. The summed E-state index contributed by atoms with van der Waals surface area (Å²) < 4.78 is 11.9. The van der Waals surface area contributed by atoms with Gasteiger partial charge in [0.15, 0.2) is 0 Å². The van der Waals surface area contributed by atoms with E-state index in [1.165, 1.54) is 9.80 Å². The minimum atomic E-state index is -1.31. The van der Waals surface area contributed by atoms with E-state index < -0.39 is 60.0 Å². The monoisotopic (exact) mass is 616 g/mol. The first-order valence-electron chi connectivity index (χ1n) is 12.9. The number of alkyl halides is 1. The number of likely N-dealkylation sites (tertiary alicyclic amines) is 1. The number of aliphatic hydroxyl groups is 1. The number of hydrogen-bond donors (Lipinski definition) is 1. The van der Waals surface area contributed by atoms with Crippen molar-refractivity contribution in [2.75, 3.05) is 24.7 Å². The van der Waals surface area contributed by atoms with Gasteiger partial charge in [-0.1, -0.05) is 76.1 Å². The number of hydrogen-bond acceptors (Lipinski definition) is 6. The highest BCUT2D eigenvalue weighted by Gasteiger charge is 2.77. The number of anilines is 1. The molecule has 2 aromatic carbocycles. The van der Waals surface area contributed by atoms with Gasteiger partial charge in [-0.25, -0.2) is 0 Å². The van der Waals surface area contributed by atoms with Crippen LogP contribution in [0.1, 0.15) is 24.9 Å². The van der Waals surface area contributed by atoms with Crippen LogP contribution in [0.15, 0.2) is 67.3 Å². The molecule has 2 amide bonds. The van der Waals surface area contributed by atoms with Gasteiger partial charge in [0.1, 0.15) is 11.6 Å². The minimum Gasteiger partial charge on any atom is -0.466 e. The van der Waals surface area contributed by atoms with Crippen LogP contribution in [0, 0.1) is 11.8 Å². The molecule has 0 aromatic heterocycles. The number of fused-ring (bicyclic) bond motifs is 1. The second-order valence-electron chi connectivity index (χ2n) is 9.96. The fourth-order valence-corrected chi connectivity index (χ4v) is 7.65. The molecule has 2 aromatic rings. The first kappa shape index (κ1) is 27.8. The summed E-state index contributed by atoms with van der Waals surface area (Å²) in [5.74, 6) is -3.22. The number of esters is 1. The molecule has 0 aliphatic carbocycles. The quantitative estimate of drug-likeness (QED) is 0.261. The zero-order valence-electron chi connectivity index (χ0n) is 21.4. The number of rotatable bonds is 9. The van der Waals surface area contributed by atoms with Crippen molar-refractivity contribution >= 4 is 51.0 Å². The molecular formula is C29H30BrClN2O6. The second kappa shape index (κ2) is 11.0. The molecule has 3 aliphatic rings. The van der Waals surface area contributed by atoms with Gasteiger partial charge in [-0.05, 0) is 31.0 Å². The Morgan fingerprint density at radius 3 is 2.62 bits per heavy atom. The molecule has 206 valence electrons. The molecule has 8 nitrogen and oxygen atoms in total. The van der Waals surface area contributed by atoms with E-state index in [9.17, 15) is 19.5 Å². The van der Waals surface area contributed by atoms with E-state index >= 15 is 0 Å². The fourth-order valence-electron chi connectivity index (χ4n) is 6.47. The van der Waals surface area contributed by atoms with E-state index in [1.807, 2.05) is 6.07 Å². The molecule has 3 saturated heterocycles. The third-order valence-electron chi connectivity index (χ3n) is 7.93. The maximum atomic E-state index is 14.7. The van der Waals surface area contributed by atoms with E-state index in [4.69, 9.17) is 21.1 Å². The lowest BCUT2D eigenvalue weighted by molar-refractivity contribution is -0.155. The number of carbonyl (C=O) groups is 3. The fraction of sp³-hybridized carbons (Fsp3) is 0.414. The first-order chi connectivity index (χ1) is 18.8. The van der Waals surface area contributed by atoms with Crippen molar-refractivity contribution in [3.63, 3.8) is 0 Å². The summed E-state index contributed by atoms with van der Waals surface area (Å²) in [6, 6.07) is 14.0. The molecule has 1 spiro atoms. The number of benzene rings is 2. The van der Waals surface area contributed by atoms with E-state index in [0.29, 0.717) is 22.7 Å². The van der Waals surface area contributed by atoms with Crippen LogP contribution in [0.5, 0.6) is 0 Å². The topological polar surface area (TPSA) is 96.4 Å². The largest absolute Gasteiger partial charge is 0.466 e. The van der Waals surface area contributed by atoms with Gasteiger partial charge in [-0.15, -0.1) is 6.58 Å². The predicted octanol–water partition coefficient (Wildman–Crippen LogP) is 3.90. The van der Waals surface area contributed by atoms with Crippen molar-refractivity contribution < 1.29 is 29.0 Å². The molecule has 3 aliphatic heterocycles. The van der Waals surface area contributed by atoms with Crippen LogP contribution in [0.4, 0.5) is 5.69 Å². The Kier molecular flexibility index (Phi) is 7.88. The molecule has 3 fully saturated rings. The van der Waals surface area contributed by atoms with Crippen molar-refractivity contribution in [3.05, 3.63) is 77.8 Å². The van der Waals surface area contributed by atoms with Crippen LogP contribution in [0.25, 0.3) is 0 Å².